The van der Waals surface area contributed by atoms with E-state index in [2.05, 4.69) is 11.4 Å². The SMILES string of the molecule is O=C(Nc1cccc2c1CCCC2)C1COc2ccccc2C1. The Hall–Kier alpha value is -2.29. The van der Waals surface area contributed by atoms with E-state index in [1.54, 1.807) is 0 Å². The molecule has 1 amide bonds. The highest BCUT2D eigenvalue weighted by atomic mass is 16.5. The molecular weight excluding hydrogens is 286 g/mol. The predicted molar refractivity (Wildman–Crippen MR) is 90.8 cm³/mol. The second kappa shape index (κ2) is 6.07. The summed E-state index contributed by atoms with van der Waals surface area (Å²) in [6, 6.07) is 14.2. The van der Waals surface area contributed by atoms with Crippen molar-refractivity contribution >= 4 is 11.6 Å². The number of amides is 1. The molecule has 2 aliphatic rings. The Morgan fingerprint density at radius 3 is 2.78 bits per heavy atom. The molecule has 2 aromatic carbocycles. The average molecular weight is 307 g/mol. The zero-order valence-electron chi connectivity index (χ0n) is 13.2. The van der Waals surface area contributed by atoms with Gasteiger partial charge in [0.05, 0.1) is 5.92 Å². The van der Waals surface area contributed by atoms with Crippen molar-refractivity contribution < 1.29 is 9.53 Å². The number of nitrogens with one attached hydrogen (secondary N) is 1. The van der Waals surface area contributed by atoms with Gasteiger partial charge in [0, 0.05) is 5.69 Å². The Bertz CT molecular complexity index is 738. The molecule has 1 aliphatic carbocycles. The lowest BCUT2D eigenvalue weighted by molar-refractivity contribution is -0.121. The lowest BCUT2D eigenvalue weighted by Crippen LogP contribution is -2.33. The van der Waals surface area contributed by atoms with Crippen LogP contribution in [0.2, 0.25) is 0 Å². The molecule has 23 heavy (non-hydrogen) atoms. The Kier molecular flexibility index (Phi) is 3.78. The first kappa shape index (κ1) is 14.3. The van der Waals surface area contributed by atoms with Gasteiger partial charge in [0.15, 0.2) is 0 Å². The van der Waals surface area contributed by atoms with Crippen molar-refractivity contribution in [2.24, 2.45) is 5.92 Å². The normalized spacial score (nSPS) is 19.2. The summed E-state index contributed by atoms with van der Waals surface area (Å²) in [6.07, 6.45) is 5.39. The molecule has 0 spiro atoms. The Morgan fingerprint density at radius 1 is 1.00 bits per heavy atom. The molecule has 0 aromatic heterocycles. The summed E-state index contributed by atoms with van der Waals surface area (Å²) < 4.78 is 5.75. The highest BCUT2D eigenvalue weighted by Crippen LogP contribution is 2.30. The third-order valence-electron chi connectivity index (χ3n) is 4.90. The average Bonchev–Trinajstić information content (AvgIpc) is 2.61. The molecule has 4 rings (SSSR count). The van der Waals surface area contributed by atoms with Crippen LogP contribution in [0.25, 0.3) is 0 Å². The number of hydrogen-bond acceptors (Lipinski definition) is 2. The van der Waals surface area contributed by atoms with Gasteiger partial charge in [0.2, 0.25) is 5.91 Å². The monoisotopic (exact) mass is 307 g/mol. The molecule has 1 aliphatic heterocycles. The summed E-state index contributed by atoms with van der Waals surface area (Å²) >= 11 is 0. The number of aryl methyl sites for hydroxylation is 1. The Morgan fingerprint density at radius 2 is 1.83 bits per heavy atom. The molecule has 118 valence electrons. The fraction of sp³-hybridized carbons (Fsp3) is 0.350. The van der Waals surface area contributed by atoms with E-state index in [1.165, 1.54) is 24.0 Å². The third kappa shape index (κ3) is 2.83. The van der Waals surface area contributed by atoms with Crippen LogP contribution in [0.3, 0.4) is 0 Å². The standard InChI is InChI=1S/C20H21NO2/c22-20(16-12-15-7-2-4-11-19(15)23-13-16)21-18-10-5-8-14-6-1-3-9-17(14)18/h2,4-5,7-8,10-11,16H,1,3,6,9,12-13H2,(H,21,22). The lowest BCUT2D eigenvalue weighted by atomic mass is 9.90. The predicted octanol–water partition coefficient (Wildman–Crippen LogP) is 3.76. The van der Waals surface area contributed by atoms with Crippen LogP contribution in [0.4, 0.5) is 5.69 Å². The maximum absolute atomic E-state index is 12.7. The molecule has 0 saturated heterocycles. The second-order valence-electron chi connectivity index (χ2n) is 6.46. The van der Waals surface area contributed by atoms with Crippen LogP contribution in [-0.4, -0.2) is 12.5 Å². The van der Waals surface area contributed by atoms with Crippen LogP contribution in [0.15, 0.2) is 42.5 Å². The van der Waals surface area contributed by atoms with E-state index in [4.69, 9.17) is 4.74 Å². The first-order valence-corrected chi connectivity index (χ1v) is 8.43. The minimum atomic E-state index is -0.121. The van der Waals surface area contributed by atoms with E-state index >= 15 is 0 Å². The van der Waals surface area contributed by atoms with E-state index in [0.717, 1.165) is 36.3 Å². The van der Waals surface area contributed by atoms with Crippen molar-refractivity contribution in [3.63, 3.8) is 0 Å². The van der Waals surface area contributed by atoms with Gasteiger partial charge in [-0.15, -0.1) is 0 Å². The molecule has 0 saturated carbocycles. The summed E-state index contributed by atoms with van der Waals surface area (Å²) in [6.45, 7) is 0.456. The number of ether oxygens (including phenoxy) is 1. The number of anilines is 1. The number of para-hydroxylation sites is 1. The summed E-state index contributed by atoms with van der Waals surface area (Å²) in [5.41, 5.74) is 4.82. The van der Waals surface area contributed by atoms with Crippen LogP contribution in [-0.2, 0) is 24.1 Å². The lowest BCUT2D eigenvalue weighted by Gasteiger charge is -2.26. The molecule has 1 atom stereocenters. The first-order chi connectivity index (χ1) is 11.3. The molecule has 2 aromatic rings. The minimum absolute atomic E-state index is 0.0680. The third-order valence-corrected chi connectivity index (χ3v) is 4.90. The first-order valence-electron chi connectivity index (χ1n) is 8.43. The van der Waals surface area contributed by atoms with E-state index in [-0.39, 0.29) is 11.8 Å². The number of carbonyl (C=O) groups is 1. The molecule has 0 radical (unpaired) electrons. The van der Waals surface area contributed by atoms with Gasteiger partial charge in [-0.05, 0) is 60.9 Å². The fourth-order valence-corrected chi connectivity index (χ4v) is 3.63. The van der Waals surface area contributed by atoms with Crippen LogP contribution in [0.1, 0.15) is 29.5 Å². The maximum Gasteiger partial charge on any atom is 0.231 e. The van der Waals surface area contributed by atoms with E-state index in [1.807, 2.05) is 36.4 Å². The van der Waals surface area contributed by atoms with Gasteiger partial charge in [-0.1, -0.05) is 30.3 Å². The topological polar surface area (TPSA) is 38.3 Å². The highest BCUT2D eigenvalue weighted by molar-refractivity contribution is 5.94. The zero-order valence-corrected chi connectivity index (χ0v) is 13.2. The van der Waals surface area contributed by atoms with Crippen LogP contribution >= 0.6 is 0 Å². The van der Waals surface area contributed by atoms with E-state index in [0.29, 0.717) is 6.61 Å². The van der Waals surface area contributed by atoms with Gasteiger partial charge in [-0.2, -0.15) is 0 Å². The smallest absolute Gasteiger partial charge is 0.231 e. The van der Waals surface area contributed by atoms with Gasteiger partial charge in [0.25, 0.3) is 0 Å². The van der Waals surface area contributed by atoms with Crippen molar-refractivity contribution in [1.29, 1.82) is 0 Å². The van der Waals surface area contributed by atoms with Gasteiger partial charge < -0.3 is 10.1 Å². The Balaban J connectivity index is 1.51. The van der Waals surface area contributed by atoms with Gasteiger partial charge in [-0.25, -0.2) is 0 Å². The molecule has 0 fully saturated rings. The number of fused-ring (bicyclic) bond motifs is 2. The van der Waals surface area contributed by atoms with Crippen molar-refractivity contribution in [2.75, 3.05) is 11.9 Å². The van der Waals surface area contributed by atoms with Crippen molar-refractivity contribution in [2.45, 2.75) is 32.1 Å². The summed E-state index contributed by atoms with van der Waals surface area (Å²) in [7, 11) is 0. The molecule has 3 nitrogen and oxygen atoms in total. The van der Waals surface area contributed by atoms with Crippen molar-refractivity contribution in [3.05, 3.63) is 59.2 Å². The quantitative estimate of drug-likeness (QED) is 0.917. The van der Waals surface area contributed by atoms with Crippen LogP contribution in [0, 0.1) is 5.92 Å². The molecular formula is C20H21NO2. The number of rotatable bonds is 2. The van der Waals surface area contributed by atoms with Gasteiger partial charge >= 0.3 is 0 Å². The zero-order chi connectivity index (χ0) is 15.6. The van der Waals surface area contributed by atoms with Crippen LogP contribution in [0.5, 0.6) is 5.75 Å². The number of benzene rings is 2. The molecule has 1 heterocycles. The largest absolute Gasteiger partial charge is 0.492 e. The van der Waals surface area contributed by atoms with Gasteiger partial charge in [-0.3, -0.25) is 4.79 Å². The molecule has 1 unspecified atom stereocenters. The number of hydrogen-bond donors (Lipinski definition) is 1. The summed E-state index contributed by atoms with van der Waals surface area (Å²) in [5, 5.41) is 3.15. The van der Waals surface area contributed by atoms with E-state index in [9.17, 15) is 4.79 Å². The molecule has 0 bridgehead atoms. The summed E-state index contributed by atoms with van der Waals surface area (Å²) in [5.74, 6) is 0.858. The van der Waals surface area contributed by atoms with Gasteiger partial charge in [0.1, 0.15) is 12.4 Å². The Labute approximate surface area is 136 Å². The summed E-state index contributed by atoms with van der Waals surface area (Å²) in [4.78, 5) is 12.7. The maximum atomic E-state index is 12.7. The number of carbonyl (C=O) groups excluding carboxylic acids is 1. The molecule has 3 heteroatoms. The second-order valence-corrected chi connectivity index (χ2v) is 6.46. The van der Waals surface area contributed by atoms with Crippen LogP contribution < -0.4 is 10.1 Å². The fourth-order valence-electron chi connectivity index (χ4n) is 3.63. The molecule has 1 N–H and O–H groups in total. The minimum Gasteiger partial charge on any atom is -0.492 e. The van der Waals surface area contributed by atoms with Crippen molar-refractivity contribution in [3.8, 4) is 5.75 Å². The van der Waals surface area contributed by atoms with Crippen molar-refractivity contribution in [1.82, 2.24) is 0 Å². The highest BCUT2D eigenvalue weighted by Gasteiger charge is 2.26. The van der Waals surface area contributed by atoms with E-state index < -0.39 is 0 Å².